The van der Waals surface area contributed by atoms with Gasteiger partial charge in [-0.15, -0.1) is 0 Å². The van der Waals surface area contributed by atoms with Gasteiger partial charge in [-0.1, -0.05) is 41.9 Å². The highest BCUT2D eigenvalue weighted by molar-refractivity contribution is 6.30. The molecule has 134 valence electrons. The van der Waals surface area contributed by atoms with Crippen molar-refractivity contribution in [3.8, 4) is 11.5 Å². The summed E-state index contributed by atoms with van der Waals surface area (Å²) < 4.78 is 47.7. The molecule has 8 heteroatoms. The molecule has 2 aromatic rings. The molecule has 0 spiro atoms. The van der Waals surface area contributed by atoms with Crippen LogP contribution in [0.4, 0.5) is 24.5 Å². The van der Waals surface area contributed by atoms with Gasteiger partial charge in [-0.25, -0.2) is 0 Å². The van der Waals surface area contributed by atoms with Gasteiger partial charge in [-0.05, 0) is 11.6 Å². The Bertz CT molecular complexity index is 726. The number of alkyl halides is 3. The van der Waals surface area contributed by atoms with Crippen LogP contribution >= 0.6 is 11.6 Å². The summed E-state index contributed by atoms with van der Waals surface area (Å²) in [6.07, 6.45) is -3.92. The maximum Gasteiger partial charge on any atom is 0.426 e. The van der Waals surface area contributed by atoms with Gasteiger partial charge in [0.25, 0.3) is 0 Å². The number of hydrogen-bond donors (Lipinski definition) is 2. The number of nitrogen functional groups attached to an aromatic ring is 2. The van der Waals surface area contributed by atoms with Crippen molar-refractivity contribution in [2.24, 2.45) is 0 Å². The third-order valence-corrected chi connectivity index (χ3v) is 3.50. The van der Waals surface area contributed by atoms with E-state index in [0.717, 1.165) is 5.56 Å². The second kappa shape index (κ2) is 8.02. The van der Waals surface area contributed by atoms with Crippen LogP contribution in [0.25, 0.3) is 0 Å². The lowest BCUT2D eigenvalue weighted by molar-refractivity contribution is -0.0848. The minimum atomic E-state index is -4.61. The minimum absolute atomic E-state index is 0.0787. The largest absolute Gasteiger partial charge is 0.489 e. The zero-order chi connectivity index (χ0) is 18.4. The van der Waals surface area contributed by atoms with Crippen LogP contribution in [-0.4, -0.2) is 12.8 Å². The molecule has 4 N–H and O–H groups in total. The Morgan fingerprint density at radius 2 is 1.64 bits per heavy atom. The average Bonchev–Trinajstić information content (AvgIpc) is 2.55. The van der Waals surface area contributed by atoms with Crippen LogP contribution in [-0.2, 0) is 6.61 Å². The van der Waals surface area contributed by atoms with Crippen LogP contribution in [0, 0.1) is 0 Å². The first-order chi connectivity index (χ1) is 11.8. The Morgan fingerprint density at radius 1 is 1.04 bits per heavy atom. The van der Waals surface area contributed by atoms with Crippen molar-refractivity contribution in [1.82, 2.24) is 0 Å². The quantitative estimate of drug-likeness (QED) is 0.733. The third-order valence-electron chi connectivity index (χ3n) is 3.13. The molecule has 0 amide bonds. The van der Waals surface area contributed by atoms with Gasteiger partial charge in [0.1, 0.15) is 24.0 Å². The van der Waals surface area contributed by atoms with E-state index < -0.39 is 17.8 Å². The summed E-state index contributed by atoms with van der Waals surface area (Å²) in [7, 11) is 0. The van der Waals surface area contributed by atoms with Gasteiger partial charge in [0.2, 0.25) is 0 Å². The molecular formula is C17H16ClF3N2O2. The van der Waals surface area contributed by atoms with Crippen molar-refractivity contribution in [2.45, 2.75) is 12.8 Å². The van der Waals surface area contributed by atoms with E-state index in [9.17, 15) is 13.2 Å². The van der Waals surface area contributed by atoms with E-state index in [0.29, 0.717) is 18.4 Å². The van der Waals surface area contributed by atoms with Gasteiger partial charge in [0.05, 0.1) is 11.4 Å². The first kappa shape index (κ1) is 18.8. The predicted molar refractivity (Wildman–Crippen MR) is 91.5 cm³/mol. The topological polar surface area (TPSA) is 70.5 Å². The van der Waals surface area contributed by atoms with E-state index in [1.54, 1.807) is 0 Å². The zero-order valence-corrected chi connectivity index (χ0v) is 13.8. The number of rotatable bonds is 6. The highest BCUT2D eigenvalue weighted by Gasteiger charge is 2.32. The normalized spacial score (nSPS) is 12.1. The van der Waals surface area contributed by atoms with Gasteiger partial charge < -0.3 is 20.9 Å². The SMILES string of the molecule is Nc1cc(OCc2ccccc2)cc(N)c1OCC=C(Cl)C(F)(F)F. The maximum atomic E-state index is 12.3. The molecule has 0 unspecified atom stereocenters. The lowest BCUT2D eigenvalue weighted by Gasteiger charge is -2.13. The Morgan fingerprint density at radius 3 is 2.20 bits per heavy atom. The van der Waals surface area contributed by atoms with Crippen LogP contribution in [0.1, 0.15) is 5.56 Å². The predicted octanol–water partition coefficient (Wildman–Crippen LogP) is 4.49. The molecule has 2 rings (SSSR count). The molecule has 2 aromatic carbocycles. The number of ether oxygens (including phenoxy) is 2. The average molecular weight is 373 g/mol. The summed E-state index contributed by atoms with van der Waals surface area (Å²) in [5.41, 5.74) is 12.9. The molecule has 0 aliphatic carbocycles. The molecular weight excluding hydrogens is 357 g/mol. The molecule has 0 aliphatic rings. The molecule has 0 saturated carbocycles. The number of hydrogen-bond acceptors (Lipinski definition) is 4. The summed E-state index contributed by atoms with van der Waals surface area (Å²) in [4.78, 5) is 0. The van der Waals surface area contributed by atoms with E-state index in [2.05, 4.69) is 0 Å². The Kier molecular flexibility index (Phi) is 6.03. The monoisotopic (exact) mass is 372 g/mol. The molecule has 0 radical (unpaired) electrons. The van der Waals surface area contributed by atoms with E-state index in [-0.39, 0.29) is 17.1 Å². The molecule has 0 atom stereocenters. The Balaban J connectivity index is 2.02. The number of nitrogens with two attached hydrogens (primary N) is 2. The first-order valence-corrected chi connectivity index (χ1v) is 7.56. The summed E-state index contributed by atoms with van der Waals surface area (Å²) in [6.45, 7) is -0.0964. The van der Waals surface area contributed by atoms with E-state index >= 15 is 0 Å². The number of benzene rings is 2. The fourth-order valence-electron chi connectivity index (χ4n) is 1.95. The lowest BCUT2D eigenvalue weighted by atomic mass is 10.2. The van der Waals surface area contributed by atoms with E-state index in [1.807, 2.05) is 30.3 Å². The fourth-order valence-corrected chi connectivity index (χ4v) is 2.01. The summed E-state index contributed by atoms with van der Waals surface area (Å²) >= 11 is 5.10. The van der Waals surface area contributed by atoms with Crippen molar-refractivity contribution in [2.75, 3.05) is 18.1 Å². The fraction of sp³-hybridized carbons (Fsp3) is 0.176. The van der Waals surface area contributed by atoms with Crippen LogP contribution in [0.2, 0.25) is 0 Å². The molecule has 0 bridgehead atoms. The van der Waals surface area contributed by atoms with Gasteiger partial charge in [-0.3, -0.25) is 0 Å². The molecule has 25 heavy (non-hydrogen) atoms. The smallest absolute Gasteiger partial charge is 0.426 e. The van der Waals surface area contributed by atoms with Crippen molar-refractivity contribution < 1.29 is 22.6 Å². The molecule has 0 fully saturated rings. The summed E-state index contributed by atoms with van der Waals surface area (Å²) in [6, 6.07) is 12.5. The Labute approximate surface area is 147 Å². The first-order valence-electron chi connectivity index (χ1n) is 7.18. The highest BCUT2D eigenvalue weighted by Crippen LogP contribution is 2.34. The highest BCUT2D eigenvalue weighted by atomic mass is 35.5. The summed E-state index contributed by atoms with van der Waals surface area (Å²) in [5.74, 6) is 0.505. The van der Waals surface area contributed by atoms with Gasteiger partial charge in [0, 0.05) is 12.1 Å². The standard InChI is InChI=1S/C17H16ClF3N2O2/c18-15(17(19,20)21)6-7-24-16-13(22)8-12(9-14(16)23)25-10-11-4-2-1-3-5-11/h1-6,8-9H,7,10,22-23H2. The Hall–Kier alpha value is -2.54. The molecule has 0 saturated heterocycles. The second-order valence-corrected chi connectivity index (χ2v) is 5.47. The van der Waals surface area contributed by atoms with Crippen molar-refractivity contribution in [1.29, 1.82) is 0 Å². The second-order valence-electron chi connectivity index (χ2n) is 5.07. The van der Waals surface area contributed by atoms with E-state index in [1.165, 1.54) is 12.1 Å². The molecule has 0 heterocycles. The van der Waals surface area contributed by atoms with Gasteiger partial charge in [0.15, 0.2) is 5.75 Å². The zero-order valence-electron chi connectivity index (χ0n) is 13.0. The van der Waals surface area contributed by atoms with Crippen molar-refractivity contribution in [3.05, 3.63) is 59.1 Å². The maximum absolute atomic E-state index is 12.3. The van der Waals surface area contributed by atoms with Crippen LogP contribution < -0.4 is 20.9 Å². The van der Waals surface area contributed by atoms with Crippen LogP contribution in [0.3, 0.4) is 0 Å². The molecule has 0 aromatic heterocycles. The molecule has 4 nitrogen and oxygen atoms in total. The van der Waals surface area contributed by atoms with Crippen molar-refractivity contribution in [3.63, 3.8) is 0 Å². The van der Waals surface area contributed by atoms with Crippen LogP contribution in [0.5, 0.6) is 11.5 Å². The molecule has 0 aliphatic heterocycles. The van der Waals surface area contributed by atoms with Gasteiger partial charge >= 0.3 is 6.18 Å². The van der Waals surface area contributed by atoms with E-state index in [4.69, 9.17) is 32.5 Å². The number of anilines is 2. The van der Waals surface area contributed by atoms with Crippen molar-refractivity contribution >= 4 is 23.0 Å². The van der Waals surface area contributed by atoms with Crippen LogP contribution in [0.15, 0.2) is 53.6 Å². The van der Waals surface area contributed by atoms with Gasteiger partial charge in [-0.2, -0.15) is 13.2 Å². The lowest BCUT2D eigenvalue weighted by Crippen LogP contribution is -2.09. The number of allylic oxidation sites excluding steroid dienone is 1. The minimum Gasteiger partial charge on any atom is -0.489 e. The summed E-state index contributed by atoms with van der Waals surface area (Å²) in [5, 5.41) is -1.27. The number of halogens is 4. The third kappa shape index (κ3) is 5.49.